The van der Waals surface area contributed by atoms with E-state index in [0.29, 0.717) is 28.6 Å². The molecule has 1 amide bonds. The van der Waals surface area contributed by atoms with Crippen LogP contribution in [-0.4, -0.2) is 25.1 Å². The van der Waals surface area contributed by atoms with Crippen LogP contribution in [0.4, 0.5) is 17.2 Å². The second-order valence-corrected chi connectivity index (χ2v) is 6.40. The lowest BCUT2D eigenvalue weighted by atomic mass is 10.1. The van der Waals surface area contributed by atoms with Crippen molar-refractivity contribution in [3.8, 4) is 11.5 Å². The van der Waals surface area contributed by atoms with Crippen LogP contribution in [0.3, 0.4) is 0 Å². The van der Waals surface area contributed by atoms with Crippen LogP contribution in [0, 0.1) is 13.8 Å². The molecular weight excluding hydrogens is 354 g/mol. The highest BCUT2D eigenvalue weighted by atomic mass is 16.5. The standard InChI is InChI=1S/C22H23N3O3/c1-14-5-6-15(2)19(11-14)24-21-10-7-16(13-23-21)22(26)25-18-9-8-17(27-3)12-20(18)28-4/h5-13H,1-4H3,(H,23,24)(H,25,26). The average molecular weight is 377 g/mol. The zero-order valence-corrected chi connectivity index (χ0v) is 16.4. The Balaban J connectivity index is 1.73. The summed E-state index contributed by atoms with van der Waals surface area (Å²) >= 11 is 0. The van der Waals surface area contributed by atoms with E-state index >= 15 is 0 Å². The van der Waals surface area contributed by atoms with Crippen LogP contribution in [0.25, 0.3) is 0 Å². The number of hydrogen-bond donors (Lipinski definition) is 2. The zero-order chi connectivity index (χ0) is 20.1. The first-order chi connectivity index (χ1) is 13.5. The predicted molar refractivity (Wildman–Crippen MR) is 111 cm³/mol. The molecule has 3 rings (SSSR count). The van der Waals surface area contributed by atoms with Gasteiger partial charge < -0.3 is 20.1 Å². The van der Waals surface area contributed by atoms with Crippen LogP contribution in [-0.2, 0) is 0 Å². The summed E-state index contributed by atoms with van der Waals surface area (Å²) in [7, 11) is 3.12. The van der Waals surface area contributed by atoms with E-state index in [2.05, 4.69) is 33.8 Å². The molecule has 2 aromatic carbocycles. The van der Waals surface area contributed by atoms with Crippen LogP contribution >= 0.6 is 0 Å². The quantitative estimate of drug-likeness (QED) is 0.651. The summed E-state index contributed by atoms with van der Waals surface area (Å²) in [5.74, 6) is 1.58. The Kier molecular flexibility index (Phi) is 5.79. The molecule has 0 atom stereocenters. The maximum absolute atomic E-state index is 12.5. The second-order valence-electron chi connectivity index (χ2n) is 6.40. The molecule has 0 spiro atoms. The Morgan fingerprint density at radius 2 is 1.75 bits per heavy atom. The smallest absolute Gasteiger partial charge is 0.257 e. The molecule has 0 aliphatic carbocycles. The van der Waals surface area contributed by atoms with Crippen molar-refractivity contribution < 1.29 is 14.3 Å². The fourth-order valence-corrected chi connectivity index (χ4v) is 2.71. The van der Waals surface area contributed by atoms with Crippen molar-refractivity contribution in [2.75, 3.05) is 24.9 Å². The summed E-state index contributed by atoms with van der Waals surface area (Å²) in [5, 5.41) is 6.12. The number of carbonyl (C=O) groups is 1. The number of benzene rings is 2. The third-order valence-electron chi connectivity index (χ3n) is 4.34. The lowest BCUT2D eigenvalue weighted by Gasteiger charge is -2.12. The highest BCUT2D eigenvalue weighted by molar-refractivity contribution is 6.05. The number of hydrogen-bond acceptors (Lipinski definition) is 5. The average Bonchev–Trinajstić information content (AvgIpc) is 2.71. The Labute approximate surface area is 164 Å². The van der Waals surface area contributed by atoms with Gasteiger partial charge in [0.1, 0.15) is 17.3 Å². The SMILES string of the molecule is COc1ccc(NC(=O)c2ccc(Nc3cc(C)ccc3C)nc2)c(OC)c1. The molecule has 3 aromatic rings. The van der Waals surface area contributed by atoms with E-state index in [1.54, 1.807) is 50.7 Å². The summed E-state index contributed by atoms with van der Waals surface area (Å²) in [5.41, 5.74) is 4.29. The topological polar surface area (TPSA) is 72.5 Å². The number of nitrogens with zero attached hydrogens (tertiary/aromatic N) is 1. The van der Waals surface area contributed by atoms with Gasteiger partial charge in [0.05, 0.1) is 25.5 Å². The molecule has 1 heterocycles. The summed E-state index contributed by atoms with van der Waals surface area (Å²) < 4.78 is 10.5. The zero-order valence-electron chi connectivity index (χ0n) is 16.4. The largest absolute Gasteiger partial charge is 0.497 e. The number of methoxy groups -OCH3 is 2. The van der Waals surface area contributed by atoms with Gasteiger partial charge in [-0.05, 0) is 55.3 Å². The molecule has 1 aromatic heterocycles. The maximum atomic E-state index is 12.5. The molecular formula is C22H23N3O3. The Bertz CT molecular complexity index is 985. The Morgan fingerprint density at radius 3 is 2.43 bits per heavy atom. The van der Waals surface area contributed by atoms with Crippen molar-refractivity contribution in [1.82, 2.24) is 4.98 Å². The van der Waals surface area contributed by atoms with E-state index in [1.807, 2.05) is 13.8 Å². The lowest BCUT2D eigenvalue weighted by molar-refractivity contribution is 0.102. The minimum atomic E-state index is -0.269. The third-order valence-corrected chi connectivity index (χ3v) is 4.34. The van der Waals surface area contributed by atoms with Crippen LogP contribution in [0.1, 0.15) is 21.5 Å². The fraction of sp³-hybridized carbons (Fsp3) is 0.182. The maximum Gasteiger partial charge on any atom is 0.257 e. The molecule has 0 aliphatic heterocycles. The molecule has 144 valence electrons. The van der Waals surface area contributed by atoms with Gasteiger partial charge in [-0.1, -0.05) is 12.1 Å². The molecule has 6 nitrogen and oxygen atoms in total. The number of rotatable bonds is 6. The van der Waals surface area contributed by atoms with Crippen LogP contribution in [0.5, 0.6) is 11.5 Å². The summed E-state index contributed by atoms with van der Waals surface area (Å²) in [6, 6.07) is 14.9. The molecule has 2 N–H and O–H groups in total. The van der Waals surface area contributed by atoms with Gasteiger partial charge in [0, 0.05) is 18.0 Å². The molecule has 0 aliphatic rings. The van der Waals surface area contributed by atoms with Crippen molar-refractivity contribution in [3.63, 3.8) is 0 Å². The normalized spacial score (nSPS) is 10.3. The van der Waals surface area contributed by atoms with E-state index in [4.69, 9.17) is 9.47 Å². The minimum Gasteiger partial charge on any atom is -0.497 e. The van der Waals surface area contributed by atoms with Crippen molar-refractivity contribution in [2.45, 2.75) is 13.8 Å². The number of nitrogens with one attached hydrogen (secondary N) is 2. The van der Waals surface area contributed by atoms with Crippen molar-refractivity contribution >= 4 is 23.1 Å². The lowest BCUT2D eigenvalue weighted by Crippen LogP contribution is -2.13. The first-order valence-electron chi connectivity index (χ1n) is 8.84. The van der Waals surface area contributed by atoms with Crippen molar-refractivity contribution in [1.29, 1.82) is 0 Å². The highest BCUT2D eigenvalue weighted by Crippen LogP contribution is 2.29. The number of anilines is 3. The van der Waals surface area contributed by atoms with Crippen LogP contribution in [0.2, 0.25) is 0 Å². The summed E-state index contributed by atoms with van der Waals surface area (Å²) in [4.78, 5) is 16.9. The molecule has 0 radical (unpaired) electrons. The van der Waals surface area contributed by atoms with Gasteiger partial charge in [-0.25, -0.2) is 4.98 Å². The van der Waals surface area contributed by atoms with Crippen molar-refractivity contribution in [3.05, 3.63) is 71.4 Å². The molecule has 0 saturated carbocycles. The highest BCUT2D eigenvalue weighted by Gasteiger charge is 2.11. The first-order valence-corrected chi connectivity index (χ1v) is 8.84. The molecule has 28 heavy (non-hydrogen) atoms. The van der Waals surface area contributed by atoms with Crippen LogP contribution in [0.15, 0.2) is 54.7 Å². The third kappa shape index (κ3) is 4.40. The van der Waals surface area contributed by atoms with Gasteiger partial charge in [-0.2, -0.15) is 0 Å². The molecule has 0 fully saturated rings. The number of aromatic nitrogens is 1. The predicted octanol–water partition coefficient (Wildman–Crippen LogP) is 4.71. The fourth-order valence-electron chi connectivity index (χ4n) is 2.71. The van der Waals surface area contributed by atoms with Crippen molar-refractivity contribution in [2.24, 2.45) is 0 Å². The summed E-state index contributed by atoms with van der Waals surface area (Å²) in [6.07, 6.45) is 1.54. The molecule has 6 heteroatoms. The first kappa shape index (κ1) is 19.2. The number of aryl methyl sites for hydroxylation is 2. The number of amides is 1. The number of ether oxygens (including phenoxy) is 2. The minimum absolute atomic E-state index is 0.269. The second kappa shape index (κ2) is 8.43. The van der Waals surface area contributed by atoms with Gasteiger partial charge in [-0.3, -0.25) is 4.79 Å². The van der Waals surface area contributed by atoms with E-state index < -0.39 is 0 Å². The van der Waals surface area contributed by atoms with Gasteiger partial charge in [0.15, 0.2) is 0 Å². The van der Waals surface area contributed by atoms with Gasteiger partial charge in [0.2, 0.25) is 0 Å². The molecule has 0 bridgehead atoms. The Hall–Kier alpha value is -3.54. The number of carbonyl (C=O) groups excluding carboxylic acids is 1. The van der Waals surface area contributed by atoms with Crippen LogP contribution < -0.4 is 20.1 Å². The van der Waals surface area contributed by atoms with Gasteiger partial charge in [0.25, 0.3) is 5.91 Å². The van der Waals surface area contributed by atoms with Gasteiger partial charge >= 0.3 is 0 Å². The molecule has 0 saturated heterocycles. The monoisotopic (exact) mass is 377 g/mol. The van der Waals surface area contributed by atoms with E-state index in [9.17, 15) is 4.79 Å². The van der Waals surface area contributed by atoms with E-state index in [1.165, 1.54) is 0 Å². The Morgan fingerprint density at radius 1 is 0.929 bits per heavy atom. The molecule has 0 unspecified atom stereocenters. The summed E-state index contributed by atoms with van der Waals surface area (Å²) in [6.45, 7) is 4.07. The number of pyridine rings is 1. The van der Waals surface area contributed by atoms with Gasteiger partial charge in [-0.15, -0.1) is 0 Å². The van der Waals surface area contributed by atoms with E-state index in [0.717, 1.165) is 16.8 Å². The van der Waals surface area contributed by atoms with E-state index in [-0.39, 0.29) is 5.91 Å².